The summed E-state index contributed by atoms with van der Waals surface area (Å²) >= 11 is 3.33. The van der Waals surface area contributed by atoms with Gasteiger partial charge in [-0.1, -0.05) is 30.3 Å². The van der Waals surface area contributed by atoms with Crippen molar-refractivity contribution in [3.8, 4) is 5.75 Å². The smallest absolute Gasteiger partial charge is 0.251 e. The number of hydrogen-bond acceptors (Lipinski definition) is 5. The molecular formula is C25H26N2O3S2. The highest BCUT2D eigenvalue weighted by Crippen LogP contribution is 2.44. The Morgan fingerprint density at radius 3 is 2.81 bits per heavy atom. The highest BCUT2D eigenvalue weighted by atomic mass is 32.2. The van der Waals surface area contributed by atoms with Crippen LogP contribution >= 0.6 is 23.1 Å². The molecule has 2 aromatic carbocycles. The predicted molar refractivity (Wildman–Crippen MR) is 132 cm³/mol. The predicted octanol–water partition coefficient (Wildman–Crippen LogP) is 5.29. The summed E-state index contributed by atoms with van der Waals surface area (Å²) in [6, 6.07) is 19.3. The van der Waals surface area contributed by atoms with Crippen molar-refractivity contribution in [3.63, 3.8) is 0 Å². The summed E-state index contributed by atoms with van der Waals surface area (Å²) < 4.78 is 5.47. The van der Waals surface area contributed by atoms with Gasteiger partial charge in [-0.25, -0.2) is 0 Å². The summed E-state index contributed by atoms with van der Waals surface area (Å²) in [5.74, 6) is 1.000. The van der Waals surface area contributed by atoms with Crippen LogP contribution in [0.15, 0.2) is 66.0 Å². The van der Waals surface area contributed by atoms with Gasteiger partial charge in [0.25, 0.3) is 5.91 Å². The monoisotopic (exact) mass is 466 g/mol. The number of ether oxygens (including phenoxy) is 1. The van der Waals surface area contributed by atoms with Crippen LogP contribution in [0.4, 0.5) is 5.69 Å². The second-order valence-corrected chi connectivity index (χ2v) is 9.62. The van der Waals surface area contributed by atoms with Crippen LogP contribution in [0.1, 0.15) is 39.0 Å². The maximum absolute atomic E-state index is 12.7. The van der Waals surface area contributed by atoms with Crippen LogP contribution in [0.2, 0.25) is 0 Å². The minimum absolute atomic E-state index is 0.0325. The number of thioether (sulfide) groups is 1. The van der Waals surface area contributed by atoms with Crippen LogP contribution < -0.4 is 15.0 Å². The third kappa shape index (κ3) is 5.16. The third-order valence-corrected chi connectivity index (χ3v) is 7.51. The van der Waals surface area contributed by atoms with E-state index in [1.54, 1.807) is 35.1 Å². The summed E-state index contributed by atoms with van der Waals surface area (Å²) in [6.07, 6.45) is 3.04. The molecule has 5 nitrogen and oxygen atoms in total. The second-order valence-electron chi connectivity index (χ2n) is 7.52. The summed E-state index contributed by atoms with van der Waals surface area (Å²) in [5.41, 5.74) is 2.29. The molecule has 7 heteroatoms. The quantitative estimate of drug-likeness (QED) is 0.436. The molecule has 0 saturated carbocycles. The van der Waals surface area contributed by atoms with Gasteiger partial charge in [0.2, 0.25) is 5.91 Å². The molecule has 1 saturated heterocycles. The van der Waals surface area contributed by atoms with Gasteiger partial charge in [0, 0.05) is 17.0 Å². The van der Waals surface area contributed by atoms with Gasteiger partial charge >= 0.3 is 0 Å². The minimum Gasteiger partial charge on any atom is -0.495 e. The average molecular weight is 467 g/mol. The molecule has 1 N–H and O–H groups in total. The van der Waals surface area contributed by atoms with Crippen molar-refractivity contribution in [2.75, 3.05) is 24.3 Å². The molecule has 1 aromatic heterocycles. The van der Waals surface area contributed by atoms with Crippen LogP contribution in [0.5, 0.6) is 5.75 Å². The number of methoxy groups -OCH3 is 1. The second kappa shape index (κ2) is 10.7. The number of anilines is 1. The summed E-state index contributed by atoms with van der Waals surface area (Å²) in [4.78, 5) is 28.6. The van der Waals surface area contributed by atoms with Gasteiger partial charge in [0.05, 0.1) is 18.6 Å². The Kier molecular flexibility index (Phi) is 7.50. The van der Waals surface area contributed by atoms with Gasteiger partial charge in [0.15, 0.2) is 0 Å². The molecule has 0 radical (unpaired) electrons. The number of thiophene rings is 1. The molecule has 4 rings (SSSR count). The zero-order chi connectivity index (χ0) is 22.3. The molecular weight excluding hydrogens is 440 g/mol. The fraction of sp³-hybridized carbons (Fsp3) is 0.280. The summed E-state index contributed by atoms with van der Waals surface area (Å²) in [5, 5.41) is 4.92. The number of carbonyl (C=O) groups is 2. The molecule has 0 bridgehead atoms. The van der Waals surface area contributed by atoms with Crippen molar-refractivity contribution in [2.45, 2.75) is 24.6 Å². The first kappa shape index (κ1) is 22.4. The molecule has 2 heterocycles. The number of carbonyl (C=O) groups excluding carboxylic acids is 2. The SMILES string of the molecule is COc1ccccc1N1C(=O)CSC1c1cccc(C(=O)NCCCCc2cccs2)c1. The van der Waals surface area contributed by atoms with E-state index in [1.165, 1.54) is 4.88 Å². The van der Waals surface area contributed by atoms with Crippen LogP contribution in [0, 0.1) is 0 Å². The maximum Gasteiger partial charge on any atom is 0.251 e. The number of rotatable bonds is 9. The number of nitrogens with one attached hydrogen (secondary N) is 1. The largest absolute Gasteiger partial charge is 0.495 e. The van der Waals surface area contributed by atoms with E-state index in [9.17, 15) is 9.59 Å². The van der Waals surface area contributed by atoms with E-state index in [0.717, 1.165) is 30.5 Å². The van der Waals surface area contributed by atoms with E-state index >= 15 is 0 Å². The number of amides is 2. The number of nitrogens with zero attached hydrogens (tertiary/aromatic N) is 1. The molecule has 1 fully saturated rings. The molecule has 1 unspecified atom stereocenters. The fourth-order valence-corrected chi connectivity index (χ4v) is 5.69. The van der Waals surface area contributed by atoms with E-state index in [1.807, 2.05) is 48.5 Å². The first-order valence-corrected chi connectivity index (χ1v) is 12.6. The third-order valence-electron chi connectivity index (χ3n) is 5.36. The topological polar surface area (TPSA) is 58.6 Å². The van der Waals surface area contributed by atoms with Gasteiger partial charge in [-0.05, 0) is 60.5 Å². The summed E-state index contributed by atoms with van der Waals surface area (Å²) in [7, 11) is 1.60. The molecule has 0 aliphatic carbocycles. The van der Waals surface area contributed by atoms with Crippen molar-refractivity contribution >= 4 is 40.6 Å². The Morgan fingerprint density at radius 1 is 1.12 bits per heavy atom. The van der Waals surface area contributed by atoms with Gasteiger partial charge in [-0.3, -0.25) is 14.5 Å². The lowest BCUT2D eigenvalue weighted by Crippen LogP contribution is -2.28. The Morgan fingerprint density at radius 2 is 2.00 bits per heavy atom. The van der Waals surface area contributed by atoms with E-state index in [0.29, 0.717) is 23.6 Å². The highest BCUT2D eigenvalue weighted by Gasteiger charge is 2.35. The number of unbranched alkanes of at least 4 members (excludes halogenated alkanes) is 1. The van der Waals surface area contributed by atoms with Gasteiger partial charge < -0.3 is 10.1 Å². The Labute approximate surface area is 196 Å². The molecule has 3 aromatic rings. The number of hydrogen-bond donors (Lipinski definition) is 1. The van der Waals surface area contributed by atoms with Gasteiger partial charge in [0.1, 0.15) is 11.1 Å². The van der Waals surface area contributed by atoms with Gasteiger partial charge in [-0.2, -0.15) is 0 Å². The molecule has 0 spiro atoms. The van der Waals surface area contributed by atoms with E-state index in [4.69, 9.17) is 4.74 Å². The normalized spacial score (nSPS) is 15.7. The van der Waals surface area contributed by atoms with Crippen molar-refractivity contribution in [2.24, 2.45) is 0 Å². The van der Waals surface area contributed by atoms with E-state index < -0.39 is 0 Å². The zero-order valence-corrected chi connectivity index (χ0v) is 19.6. The number of aryl methyl sites for hydroxylation is 1. The molecule has 2 amide bonds. The van der Waals surface area contributed by atoms with E-state index in [-0.39, 0.29) is 17.2 Å². The zero-order valence-electron chi connectivity index (χ0n) is 18.0. The lowest BCUT2D eigenvalue weighted by molar-refractivity contribution is -0.115. The molecule has 1 atom stereocenters. The fourth-order valence-electron chi connectivity index (χ4n) is 3.78. The average Bonchev–Trinajstić information content (AvgIpc) is 3.48. The maximum atomic E-state index is 12.7. The van der Waals surface area contributed by atoms with E-state index in [2.05, 4.69) is 22.8 Å². The molecule has 32 heavy (non-hydrogen) atoms. The van der Waals surface area contributed by atoms with Crippen molar-refractivity contribution in [1.29, 1.82) is 0 Å². The Hall–Kier alpha value is -2.77. The minimum atomic E-state index is -0.197. The Balaban J connectivity index is 1.41. The van der Waals surface area contributed by atoms with Crippen molar-refractivity contribution in [3.05, 3.63) is 82.0 Å². The number of para-hydroxylation sites is 2. The highest BCUT2D eigenvalue weighted by molar-refractivity contribution is 8.00. The first-order chi connectivity index (χ1) is 15.7. The molecule has 1 aliphatic heterocycles. The summed E-state index contributed by atoms with van der Waals surface area (Å²) in [6.45, 7) is 0.651. The first-order valence-electron chi connectivity index (χ1n) is 10.6. The lowest BCUT2D eigenvalue weighted by atomic mass is 10.1. The van der Waals surface area contributed by atoms with Crippen molar-refractivity contribution in [1.82, 2.24) is 5.32 Å². The molecule has 1 aliphatic rings. The van der Waals surface area contributed by atoms with Crippen LogP contribution in [0.3, 0.4) is 0 Å². The molecule has 166 valence electrons. The number of benzene rings is 2. The van der Waals surface area contributed by atoms with Crippen LogP contribution in [-0.2, 0) is 11.2 Å². The Bertz CT molecular complexity index is 1070. The van der Waals surface area contributed by atoms with Crippen LogP contribution in [0.25, 0.3) is 0 Å². The standard InChI is InChI=1S/C25H26N2O3S2/c1-30-22-13-3-2-12-21(22)27-23(28)17-32-25(27)19-9-6-8-18(16-19)24(29)26-14-5-4-10-20-11-7-15-31-20/h2-3,6-9,11-13,15-16,25H,4-5,10,14,17H2,1H3,(H,26,29). The lowest BCUT2D eigenvalue weighted by Gasteiger charge is -2.26. The van der Waals surface area contributed by atoms with Gasteiger partial charge in [-0.15, -0.1) is 23.1 Å². The van der Waals surface area contributed by atoms with Crippen LogP contribution in [-0.4, -0.2) is 31.2 Å². The van der Waals surface area contributed by atoms with Crippen molar-refractivity contribution < 1.29 is 14.3 Å².